The summed E-state index contributed by atoms with van der Waals surface area (Å²) in [6, 6.07) is 9.04. The van der Waals surface area contributed by atoms with E-state index in [1.807, 2.05) is 12.1 Å². The van der Waals surface area contributed by atoms with Crippen molar-refractivity contribution in [1.82, 2.24) is 20.0 Å². The van der Waals surface area contributed by atoms with Crippen LogP contribution >= 0.6 is 27.5 Å². The second-order valence-electron chi connectivity index (χ2n) is 5.77. The largest absolute Gasteiger partial charge is 0.339 e. The summed E-state index contributed by atoms with van der Waals surface area (Å²) in [4.78, 5) is 22.6. The van der Waals surface area contributed by atoms with Gasteiger partial charge in [0.2, 0.25) is 11.7 Å². The van der Waals surface area contributed by atoms with Crippen molar-refractivity contribution in [2.45, 2.75) is 5.92 Å². The number of carbonyl (C=O) groups is 1. The second kappa shape index (κ2) is 6.57. The zero-order chi connectivity index (χ0) is 17.4. The maximum absolute atomic E-state index is 12.4. The molecule has 1 aliphatic heterocycles. The summed E-state index contributed by atoms with van der Waals surface area (Å²) >= 11 is 9.31. The first-order valence-electron chi connectivity index (χ1n) is 7.59. The Hall–Kier alpha value is -2.25. The van der Waals surface area contributed by atoms with Crippen molar-refractivity contribution < 1.29 is 9.32 Å². The number of hydrogen-bond acceptors (Lipinski definition) is 5. The van der Waals surface area contributed by atoms with Crippen LogP contribution in [0.1, 0.15) is 22.2 Å². The van der Waals surface area contributed by atoms with Gasteiger partial charge >= 0.3 is 0 Å². The van der Waals surface area contributed by atoms with Crippen LogP contribution in [0, 0.1) is 0 Å². The van der Waals surface area contributed by atoms with E-state index in [1.165, 1.54) is 0 Å². The monoisotopic (exact) mass is 418 g/mol. The summed E-state index contributed by atoms with van der Waals surface area (Å²) in [5.74, 6) is 1.02. The first kappa shape index (κ1) is 16.2. The highest BCUT2D eigenvalue weighted by atomic mass is 79.9. The van der Waals surface area contributed by atoms with Crippen molar-refractivity contribution >= 4 is 33.4 Å². The minimum absolute atomic E-state index is 0.0458. The van der Waals surface area contributed by atoms with Crippen LogP contribution in [0.25, 0.3) is 11.4 Å². The van der Waals surface area contributed by atoms with Gasteiger partial charge in [-0.25, -0.2) is 0 Å². The number of hydrogen-bond donors (Lipinski definition) is 0. The molecule has 0 atom stereocenters. The third-order valence-electron chi connectivity index (χ3n) is 3.99. The van der Waals surface area contributed by atoms with Crippen molar-refractivity contribution in [2.75, 3.05) is 13.1 Å². The predicted molar refractivity (Wildman–Crippen MR) is 95.3 cm³/mol. The van der Waals surface area contributed by atoms with Crippen LogP contribution < -0.4 is 0 Å². The summed E-state index contributed by atoms with van der Waals surface area (Å²) in [5.41, 5.74) is 1.35. The summed E-state index contributed by atoms with van der Waals surface area (Å²) in [6.07, 6.45) is 3.20. The second-order valence-corrected chi connectivity index (χ2v) is 7.12. The van der Waals surface area contributed by atoms with E-state index in [4.69, 9.17) is 16.1 Å². The topological polar surface area (TPSA) is 72.1 Å². The lowest BCUT2D eigenvalue weighted by atomic mass is 9.99. The average molecular weight is 420 g/mol. The Bertz CT molecular complexity index is 940. The zero-order valence-corrected chi connectivity index (χ0v) is 15.2. The lowest BCUT2D eigenvalue weighted by Gasteiger charge is -2.37. The molecule has 2 aromatic heterocycles. The molecule has 4 rings (SSSR count). The molecule has 0 aliphatic carbocycles. The van der Waals surface area contributed by atoms with Gasteiger partial charge in [-0.3, -0.25) is 9.78 Å². The van der Waals surface area contributed by atoms with E-state index in [2.05, 4.69) is 31.1 Å². The quantitative estimate of drug-likeness (QED) is 0.646. The fraction of sp³-hybridized carbons (Fsp3) is 0.176. The van der Waals surface area contributed by atoms with Gasteiger partial charge in [-0.05, 0) is 34.1 Å². The van der Waals surface area contributed by atoms with Crippen LogP contribution in [0.5, 0.6) is 0 Å². The lowest BCUT2D eigenvalue weighted by molar-refractivity contribution is 0.0568. The number of halogens is 2. The molecule has 126 valence electrons. The maximum atomic E-state index is 12.4. The lowest BCUT2D eigenvalue weighted by Crippen LogP contribution is -2.48. The summed E-state index contributed by atoms with van der Waals surface area (Å²) in [7, 11) is 0. The maximum Gasteiger partial charge on any atom is 0.255 e. The molecule has 1 fully saturated rings. The number of likely N-dealkylation sites (tertiary alicyclic amines) is 1. The Morgan fingerprint density at radius 2 is 2.12 bits per heavy atom. The van der Waals surface area contributed by atoms with Crippen LogP contribution in [0.2, 0.25) is 5.02 Å². The van der Waals surface area contributed by atoms with E-state index in [-0.39, 0.29) is 11.8 Å². The summed E-state index contributed by atoms with van der Waals surface area (Å²) in [5, 5.41) is 4.62. The third kappa shape index (κ3) is 3.29. The van der Waals surface area contributed by atoms with Gasteiger partial charge in [-0.2, -0.15) is 4.98 Å². The van der Waals surface area contributed by atoms with Crippen molar-refractivity contribution in [1.29, 1.82) is 0 Å². The van der Waals surface area contributed by atoms with Gasteiger partial charge in [0.25, 0.3) is 5.91 Å². The van der Waals surface area contributed by atoms with E-state index in [9.17, 15) is 4.79 Å². The molecular formula is C17H12BrClN4O2. The van der Waals surface area contributed by atoms with Gasteiger partial charge in [0.15, 0.2) is 0 Å². The number of pyridine rings is 1. The van der Waals surface area contributed by atoms with E-state index in [0.29, 0.717) is 35.4 Å². The molecule has 8 heteroatoms. The van der Waals surface area contributed by atoms with Crippen molar-refractivity contribution in [3.63, 3.8) is 0 Å². The molecule has 0 N–H and O–H groups in total. The van der Waals surface area contributed by atoms with Crippen LogP contribution in [0.15, 0.2) is 51.7 Å². The number of benzene rings is 1. The number of aromatic nitrogens is 3. The molecular weight excluding hydrogens is 408 g/mol. The summed E-state index contributed by atoms with van der Waals surface area (Å²) in [6.45, 7) is 1.09. The van der Waals surface area contributed by atoms with Crippen LogP contribution in [0.3, 0.4) is 0 Å². The smallest absolute Gasteiger partial charge is 0.255 e. The average Bonchev–Trinajstić information content (AvgIpc) is 3.03. The van der Waals surface area contributed by atoms with E-state index in [1.54, 1.807) is 35.5 Å². The molecule has 0 unspecified atom stereocenters. The van der Waals surface area contributed by atoms with Crippen LogP contribution in [-0.4, -0.2) is 39.0 Å². The molecule has 1 saturated heterocycles. The Morgan fingerprint density at radius 3 is 2.88 bits per heavy atom. The molecule has 0 spiro atoms. The standard InChI is InChI=1S/C17H12BrClN4O2/c18-13-4-11(6-20-7-13)17(24)23-8-12(9-23)16-21-15(22-25-16)10-2-1-3-14(19)5-10/h1-7,12H,8-9H2. The van der Waals surface area contributed by atoms with Gasteiger partial charge in [0, 0.05) is 40.5 Å². The fourth-order valence-electron chi connectivity index (χ4n) is 2.66. The minimum Gasteiger partial charge on any atom is -0.339 e. The molecule has 1 aromatic carbocycles. The zero-order valence-electron chi connectivity index (χ0n) is 12.9. The summed E-state index contributed by atoms with van der Waals surface area (Å²) < 4.78 is 6.13. The van der Waals surface area contributed by atoms with E-state index < -0.39 is 0 Å². The Labute approximate surface area is 156 Å². The molecule has 1 amide bonds. The molecule has 25 heavy (non-hydrogen) atoms. The van der Waals surface area contributed by atoms with Crippen molar-refractivity contribution in [3.8, 4) is 11.4 Å². The number of carbonyl (C=O) groups excluding carboxylic acids is 1. The first-order chi connectivity index (χ1) is 12.1. The Kier molecular flexibility index (Phi) is 4.27. The fourth-order valence-corrected chi connectivity index (χ4v) is 3.21. The molecule has 0 saturated carbocycles. The van der Waals surface area contributed by atoms with Gasteiger partial charge in [-0.1, -0.05) is 28.9 Å². The van der Waals surface area contributed by atoms with Crippen LogP contribution in [0.4, 0.5) is 0 Å². The van der Waals surface area contributed by atoms with Crippen molar-refractivity contribution in [3.05, 3.63) is 63.7 Å². The van der Waals surface area contributed by atoms with Crippen LogP contribution in [-0.2, 0) is 0 Å². The number of nitrogens with zero attached hydrogens (tertiary/aromatic N) is 4. The van der Waals surface area contributed by atoms with Gasteiger partial charge < -0.3 is 9.42 Å². The first-order valence-corrected chi connectivity index (χ1v) is 8.76. The highest BCUT2D eigenvalue weighted by molar-refractivity contribution is 9.10. The number of rotatable bonds is 3. The molecule has 0 radical (unpaired) electrons. The molecule has 6 nitrogen and oxygen atoms in total. The van der Waals surface area contributed by atoms with E-state index >= 15 is 0 Å². The Morgan fingerprint density at radius 1 is 1.28 bits per heavy atom. The molecule has 3 heterocycles. The normalized spacial score (nSPS) is 14.4. The van der Waals surface area contributed by atoms with Gasteiger partial charge in [0.1, 0.15) is 0 Å². The van der Waals surface area contributed by atoms with Gasteiger partial charge in [0.05, 0.1) is 11.5 Å². The minimum atomic E-state index is -0.0559. The molecule has 3 aromatic rings. The van der Waals surface area contributed by atoms with Gasteiger partial charge in [-0.15, -0.1) is 0 Å². The third-order valence-corrected chi connectivity index (χ3v) is 4.66. The SMILES string of the molecule is O=C(c1cncc(Br)c1)N1CC(c2nc(-c3cccc(Cl)c3)no2)C1. The van der Waals surface area contributed by atoms with E-state index in [0.717, 1.165) is 10.0 Å². The number of amides is 1. The predicted octanol–water partition coefficient (Wildman–Crippen LogP) is 3.79. The highest BCUT2D eigenvalue weighted by Gasteiger charge is 2.36. The van der Waals surface area contributed by atoms with Crippen molar-refractivity contribution in [2.24, 2.45) is 0 Å². The molecule has 0 bridgehead atoms. The highest BCUT2D eigenvalue weighted by Crippen LogP contribution is 2.29. The Balaban J connectivity index is 1.43. The molecule has 1 aliphatic rings.